The zero-order chi connectivity index (χ0) is 4.50. The first-order valence-electron chi connectivity index (χ1n) is 1.72. The van der Waals surface area contributed by atoms with Gasteiger partial charge in [0.15, 0.2) is 7.83 Å². The molecule has 5 heavy (non-hydrogen) atoms. The first kappa shape index (κ1) is 5.39. The maximum Gasteiger partial charge on any atom is 1.00 e. The molecule has 32 valence electrons. The van der Waals surface area contributed by atoms with E-state index in [1.54, 1.807) is 0 Å². The van der Waals surface area contributed by atoms with E-state index in [1.165, 1.54) is 0 Å². The van der Waals surface area contributed by atoms with E-state index < -0.39 is 7.83 Å². The molecule has 0 radical (unpaired) electrons. The third-order valence-electron chi connectivity index (χ3n) is 0. The Morgan fingerprint density at radius 3 is 1.80 bits per heavy atom. The second kappa shape index (κ2) is 1.24. The highest BCUT2D eigenvalue weighted by molar-refractivity contribution is 7.11. The maximum atomic E-state index is 8.72. The highest BCUT2D eigenvalue weighted by Crippen LogP contribution is 1.81. The van der Waals surface area contributed by atoms with E-state index >= 15 is 0 Å². The minimum atomic E-state index is -1.47. The Morgan fingerprint density at radius 1 is 1.80 bits per heavy atom. The van der Waals surface area contributed by atoms with Crippen molar-refractivity contribution in [2.24, 2.45) is 0 Å². The van der Waals surface area contributed by atoms with Crippen LogP contribution in [-0.2, 0) is 0 Å². The van der Waals surface area contributed by atoms with Gasteiger partial charge in [-0.25, -0.2) is 0 Å². The number of rotatable bonds is 0. The zero-order valence-electron chi connectivity index (χ0n) is 4.95. The Kier molecular flexibility index (Phi) is 1.34. The van der Waals surface area contributed by atoms with Gasteiger partial charge in [0.05, 0.1) is 0 Å². The summed E-state index contributed by atoms with van der Waals surface area (Å²) in [6, 6.07) is 0. The summed E-state index contributed by atoms with van der Waals surface area (Å²) in [5, 5.41) is 0. The van der Waals surface area contributed by atoms with Crippen molar-refractivity contribution in [1.29, 1.82) is 0 Å². The van der Waals surface area contributed by atoms with Gasteiger partial charge in [-0.05, 0) is 13.1 Å². The van der Waals surface area contributed by atoms with Crippen LogP contribution in [0, 0.1) is 0 Å². The van der Waals surface area contributed by atoms with E-state index in [4.69, 9.17) is 4.80 Å². The lowest BCUT2D eigenvalue weighted by Gasteiger charge is -2.00. The van der Waals surface area contributed by atoms with Crippen LogP contribution in [0.2, 0.25) is 13.1 Å². The van der Waals surface area contributed by atoms with Gasteiger partial charge in [0, 0.05) is 9.76 Å². The van der Waals surface area contributed by atoms with Gasteiger partial charge in [0.25, 0.3) is 0 Å². The van der Waals surface area contributed by atoms with Gasteiger partial charge in [0.2, 0.25) is 0 Å². The standard InChI is InChI=1S/C2H10OSi2/c1-5(2,3)4/h3H,1-2,4H3/p+1. The Morgan fingerprint density at radius 2 is 1.80 bits per heavy atom. The molecule has 0 amide bonds. The average Bonchev–Trinajstić information content (AvgIpc) is 0.722. The summed E-state index contributed by atoms with van der Waals surface area (Å²) < 4.78 is 0. The van der Waals surface area contributed by atoms with Crippen LogP contribution in [-0.4, -0.2) is 22.4 Å². The molecule has 0 spiro atoms. The maximum absolute atomic E-state index is 8.72. The lowest BCUT2D eigenvalue weighted by atomic mass is 11.9. The molecule has 1 N–H and O–H groups in total. The molecule has 0 aliphatic heterocycles. The molecule has 0 aromatic carbocycles. The second-order valence-corrected chi connectivity index (χ2v) is 13.9. The fourth-order valence-electron chi connectivity index (χ4n) is 0. The fraction of sp³-hybridized carbons (Fsp3) is 1.00. The summed E-state index contributed by atoms with van der Waals surface area (Å²) in [6.45, 7) is 3.89. The smallest absolute Gasteiger partial charge is 0.436 e. The third-order valence-corrected chi connectivity index (χ3v) is 0. The second-order valence-electron chi connectivity index (χ2n) is 2.17. The Hall–Kier alpha value is 0.394. The molecule has 0 heterocycles. The summed E-state index contributed by atoms with van der Waals surface area (Å²) in [5.41, 5.74) is 0. The number of hydrogen-bond donors (Lipinski definition) is 1. The molecule has 0 fully saturated rings. The van der Waals surface area contributed by atoms with Crippen molar-refractivity contribution < 1.29 is 6.22 Å². The van der Waals surface area contributed by atoms with Crippen molar-refractivity contribution in [2.75, 3.05) is 0 Å². The summed E-state index contributed by atoms with van der Waals surface area (Å²) in [4.78, 5) is 8.72. The van der Waals surface area contributed by atoms with Crippen LogP contribution >= 0.6 is 0 Å². The topological polar surface area (TPSA) is 20.2 Å². The highest BCUT2D eigenvalue weighted by Gasteiger charge is 2.03. The SMILES string of the molecule is C[Si](C)(O)[SiH3].[H+]. The van der Waals surface area contributed by atoms with Crippen LogP contribution < -0.4 is 0 Å². The molecule has 0 aliphatic carbocycles. The third kappa shape index (κ3) is 162. The van der Waals surface area contributed by atoms with Gasteiger partial charge < -0.3 is 4.80 Å². The van der Waals surface area contributed by atoms with E-state index in [0.717, 1.165) is 9.76 Å². The van der Waals surface area contributed by atoms with Crippen LogP contribution in [0.25, 0.3) is 0 Å². The van der Waals surface area contributed by atoms with E-state index in [2.05, 4.69) is 0 Å². The minimum absolute atomic E-state index is 0. The van der Waals surface area contributed by atoms with Gasteiger partial charge in [-0.15, -0.1) is 0 Å². The molecule has 1 nitrogen and oxygen atoms in total. The predicted octanol–water partition coefficient (Wildman–Crippen LogP) is -0.842. The van der Waals surface area contributed by atoms with Gasteiger partial charge >= 0.3 is 1.43 Å². The summed E-state index contributed by atoms with van der Waals surface area (Å²) in [5.74, 6) is 0. The molecule has 0 bridgehead atoms. The molecule has 0 aromatic heterocycles. The normalized spacial score (nSPS) is 12.6. The zero-order valence-corrected chi connectivity index (χ0v) is 6.95. The predicted molar refractivity (Wildman–Crippen MR) is 30.8 cm³/mol. The highest BCUT2D eigenvalue weighted by atomic mass is 29.2. The lowest BCUT2D eigenvalue weighted by Crippen LogP contribution is -2.24. The molecule has 0 aliphatic rings. The first-order chi connectivity index (χ1) is 2.00. The summed E-state index contributed by atoms with van der Waals surface area (Å²) in [6.07, 6.45) is 0. The van der Waals surface area contributed by atoms with Crippen LogP contribution in [0.4, 0.5) is 0 Å². The van der Waals surface area contributed by atoms with Crippen molar-refractivity contribution in [1.82, 2.24) is 0 Å². The van der Waals surface area contributed by atoms with Gasteiger partial charge in [-0.1, -0.05) is 0 Å². The summed E-state index contributed by atoms with van der Waals surface area (Å²) >= 11 is 0. The Labute approximate surface area is 37.8 Å². The van der Waals surface area contributed by atoms with Crippen LogP contribution in [0.15, 0.2) is 0 Å². The summed E-state index contributed by atoms with van der Waals surface area (Å²) in [7, 11) is -0.470. The lowest BCUT2D eigenvalue weighted by molar-refractivity contribution is 0.577. The number of hydrogen-bond acceptors (Lipinski definition) is 1. The van der Waals surface area contributed by atoms with Crippen LogP contribution in [0.5, 0.6) is 0 Å². The molecule has 0 unspecified atom stereocenters. The molecular weight excluding hydrogens is 96.2 g/mol. The minimum Gasteiger partial charge on any atom is -0.436 e. The molecule has 0 atom stereocenters. The van der Waals surface area contributed by atoms with Gasteiger partial charge in [0.1, 0.15) is 0 Å². The monoisotopic (exact) mass is 107 g/mol. The van der Waals surface area contributed by atoms with Crippen LogP contribution in [0.3, 0.4) is 0 Å². The van der Waals surface area contributed by atoms with Gasteiger partial charge in [-0.2, -0.15) is 0 Å². The van der Waals surface area contributed by atoms with E-state index in [-0.39, 0.29) is 1.43 Å². The fourth-order valence-corrected chi connectivity index (χ4v) is 0. The average molecular weight is 107 g/mol. The Balaban J connectivity index is 0. The quantitative estimate of drug-likeness (QED) is 0.400. The van der Waals surface area contributed by atoms with Crippen molar-refractivity contribution in [3.05, 3.63) is 0 Å². The van der Waals surface area contributed by atoms with Gasteiger partial charge in [-0.3, -0.25) is 0 Å². The van der Waals surface area contributed by atoms with E-state index in [9.17, 15) is 0 Å². The molecule has 3 heteroatoms. The first-order valence-corrected chi connectivity index (χ1v) is 8.17. The Bertz CT molecular complexity index is 27.0. The molecule has 0 saturated carbocycles. The largest absolute Gasteiger partial charge is 1.00 e. The van der Waals surface area contributed by atoms with Crippen molar-refractivity contribution in [3.8, 4) is 0 Å². The molecule has 0 saturated heterocycles. The van der Waals surface area contributed by atoms with E-state index in [0.29, 0.717) is 0 Å². The van der Waals surface area contributed by atoms with Crippen molar-refractivity contribution in [2.45, 2.75) is 13.1 Å². The molecule has 0 rings (SSSR count). The molecular formula is C2H11OSi2+. The van der Waals surface area contributed by atoms with E-state index in [1.807, 2.05) is 13.1 Å². The van der Waals surface area contributed by atoms with Crippen LogP contribution in [0.1, 0.15) is 1.43 Å². The van der Waals surface area contributed by atoms with Crippen molar-refractivity contribution in [3.63, 3.8) is 0 Å². The molecule has 0 aromatic rings. The van der Waals surface area contributed by atoms with Crippen molar-refractivity contribution >= 4 is 17.6 Å².